The van der Waals surface area contributed by atoms with E-state index in [2.05, 4.69) is 55.0 Å². The Kier molecular flexibility index (Phi) is 5.89. The van der Waals surface area contributed by atoms with Crippen LogP contribution in [0.2, 0.25) is 0 Å². The molecule has 0 unspecified atom stereocenters. The molecule has 3 rings (SSSR count). The quantitative estimate of drug-likeness (QED) is 0.836. The van der Waals surface area contributed by atoms with E-state index in [0.717, 1.165) is 39.4 Å². The molecule has 2 heterocycles. The summed E-state index contributed by atoms with van der Waals surface area (Å²) in [5.41, 5.74) is 5.13. The van der Waals surface area contributed by atoms with Crippen LogP contribution < -0.4 is 0 Å². The zero-order valence-electron chi connectivity index (χ0n) is 15.9. The zero-order chi connectivity index (χ0) is 17.8. The normalized spacial score (nSPS) is 19.3. The minimum absolute atomic E-state index is 0.552. The molecule has 136 valence electrons. The Bertz CT molecular complexity index is 681. The number of aryl methyl sites for hydroxylation is 2. The molecule has 1 aromatic carbocycles. The van der Waals surface area contributed by atoms with Gasteiger partial charge in [-0.2, -0.15) is 5.10 Å². The first-order valence-corrected chi connectivity index (χ1v) is 9.08. The molecule has 2 aromatic rings. The van der Waals surface area contributed by atoms with E-state index in [1.54, 1.807) is 0 Å². The Morgan fingerprint density at radius 1 is 1.28 bits per heavy atom. The summed E-state index contributed by atoms with van der Waals surface area (Å²) in [6.07, 6.45) is 3.87. The van der Waals surface area contributed by atoms with E-state index in [1.165, 1.54) is 22.4 Å². The molecule has 0 amide bonds. The van der Waals surface area contributed by atoms with E-state index >= 15 is 0 Å². The lowest BCUT2D eigenvalue weighted by molar-refractivity contribution is 0.112. The first-order valence-electron chi connectivity index (χ1n) is 9.08. The molecule has 0 N–H and O–H groups in total. The van der Waals surface area contributed by atoms with Gasteiger partial charge in [0.05, 0.1) is 18.9 Å². The highest BCUT2D eigenvalue weighted by Crippen LogP contribution is 2.23. The fourth-order valence-corrected chi connectivity index (χ4v) is 3.86. The second-order valence-electron chi connectivity index (χ2n) is 7.48. The molecule has 0 saturated carbocycles. The second kappa shape index (κ2) is 8.13. The fourth-order valence-electron chi connectivity index (χ4n) is 3.86. The molecular formula is C20H30N4O. The predicted molar refractivity (Wildman–Crippen MR) is 101 cm³/mol. The number of hydrogen-bond acceptors (Lipinski definition) is 4. The molecule has 1 fully saturated rings. The molecule has 1 aliphatic rings. The number of hydrogen-bond donors (Lipinski definition) is 0. The van der Waals surface area contributed by atoms with Gasteiger partial charge in [-0.3, -0.25) is 4.90 Å². The topological polar surface area (TPSA) is 33.5 Å². The number of ether oxygens (including phenoxy) is 1. The molecule has 0 bridgehead atoms. The maximum atomic E-state index is 5.84. The summed E-state index contributed by atoms with van der Waals surface area (Å²) in [5.74, 6) is 0.552. The third-order valence-electron chi connectivity index (χ3n) is 4.70. The van der Waals surface area contributed by atoms with Gasteiger partial charge in [-0.25, -0.2) is 4.68 Å². The van der Waals surface area contributed by atoms with Crippen molar-refractivity contribution in [2.45, 2.75) is 20.4 Å². The van der Waals surface area contributed by atoms with Crippen molar-refractivity contribution in [3.63, 3.8) is 0 Å². The third-order valence-corrected chi connectivity index (χ3v) is 4.70. The Morgan fingerprint density at radius 2 is 2.12 bits per heavy atom. The van der Waals surface area contributed by atoms with Gasteiger partial charge in [0, 0.05) is 44.5 Å². The van der Waals surface area contributed by atoms with Gasteiger partial charge >= 0.3 is 0 Å². The number of rotatable bonds is 5. The fraction of sp³-hybridized carbons (Fsp3) is 0.550. The van der Waals surface area contributed by atoms with Crippen LogP contribution in [0, 0.1) is 19.8 Å². The van der Waals surface area contributed by atoms with Crippen LogP contribution in [0.1, 0.15) is 16.7 Å². The van der Waals surface area contributed by atoms with E-state index in [4.69, 9.17) is 4.74 Å². The molecule has 0 spiro atoms. The average Bonchev–Trinajstić information content (AvgIpc) is 2.95. The van der Waals surface area contributed by atoms with Crippen LogP contribution in [0.4, 0.5) is 0 Å². The first-order chi connectivity index (χ1) is 12.0. The van der Waals surface area contributed by atoms with E-state index in [-0.39, 0.29) is 0 Å². The summed E-state index contributed by atoms with van der Waals surface area (Å²) in [6, 6.07) is 6.52. The molecule has 0 radical (unpaired) electrons. The van der Waals surface area contributed by atoms with Gasteiger partial charge in [0.1, 0.15) is 0 Å². The van der Waals surface area contributed by atoms with Crippen molar-refractivity contribution in [2.24, 2.45) is 5.92 Å². The molecule has 5 heteroatoms. The van der Waals surface area contributed by atoms with Crippen molar-refractivity contribution in [1.82, 2.24) is 19.6 Å². The van der Waals surface area contributed by atoms with Crippen LogP contribution in [0.25, 0.3) is 5.69 Å². The third kappa shape index (κ3) is 4.69. The Labute approximate surface area is 151 Å². The summed E-state index contributed by atoms with van der Waals surface area (Å²) in [7, 11) is 4.27. The van der Waals surface area contributed by atoms with Gasteiger partial charge in [-0.05, 0) is 45.1 Å². The van der Waals surface area contributed by atoms with Crippen LogP contribution in [0.15, 0.2) is 30.6 Å². The summed E-state index contributed by atoms with van der Waals surface area (Å²) in [4.78, 5) is 4.78. The van der Waals surface area contributed by atoms with Gasteiger partial charge in [0.2, 0.25) is 0 Å². The molecule has 1 atom stereocenters. The lowest BCUT2D eigenvalue weighted by Crippen LogP contribution is -2.34. The van der Waals surface area contributed by atoms with Crippen molar-refractivity contribution >= 4 is 0 Å². The summed E-state index contributed by atoms with van der Waals surface area (Å²) in [6.45, 7) is 10.1. The van der Waals surface area contributed by atoms with Crippen molar-refractivity contribution < 1.29 is 4.74 Å². The SMILES string of the molecule is Cc1cc(C)c(-n2cccn2)c(CN2CCOC[C@H](CN(C)C)C2)c1. The molecule has 5 nitrogen and oxygen atoms in total. The number of benzene rings is 1. The summed E-state index contributed by atoms with van der Waals surface area (Å²) >= 11 is 0. The largest absolute Gasteiger partial charge is 0.380 e. The standard InChI is InChI=1S/C20H30N4O/c1-16-10-17(2)20(24-7-5-6-21-24)19(11-16)14-23-8-9-25-15-18(13-23)12-22(3)4/h5-7,10-11,18H,8-9,12-15H2,1-4H3/t18-/m1/s1. The van der Waals surface area contributed by atoms with Crippen LogP contribution in [-0.4, -0.2) is 66.5 Å². The van der Waals surface area contributed by atoms with Gasteiger partial charge in [-0.1, -0.05) is 17.7 Å². The van der Waals surface area contributed by atoms with E-state index in [9.17, 15) is 0 Å². The minimum atomic E-state index is 0.552. The molecular weight excluding hydrogens is 312 g/mol. The van der Waals surface area contributed by atoms with Gasteiger partial charge in [-0.15, -0.1) is 0 Å². The van der Waals surface area contributed by atoms with Crippen LogP contribution >= 0.6 is 0 Å². The maximum absolute atomic E-state index is 5.84. The van der Waals surface area contributed by atoms with Crippen molar-refractivity contribution in [1.29, 1.82) is 0 Å². The summed E-state index contributed by atoms with van der Waals surface area (Å²) < 4.78 is 7.84. The Morgan fingerprint density at radius 3 is 2.84 bits per heavy atom. The minimum Gasteiger partial charge on any atom is -0.380 e. The first kappa shape index (κ1) is 18.1. The molecule has 1 aromatic heterocycles. The number of nitrogens with zero attached hydrogens (tertiary/aromatic N) is 4. The van der Waals surface area contributed by atoms with Gasteiger partial charge in [0.25, 0.3) is 0 Å². The lowest BCUT2D eigenvalue weighted by atomic mass is 10.0. The predicted octanol–water partition coefficient (Wildman–Crippen LogP) is 2.50. The Hall–Kier alpha value is -1.69. The highest BCUT2D eigenvalue weighted by molar-refractivity contribution is 5.49. The summed E-state index contributed by atoms with van der Waals surface area (Å²) in [5, 5.41) is 4.47. The highest BCUT2D eigenvalue weighted by atomic mass is 16.5. The molecule has 1 saturated heterocycles. The van der Waals surface area contributed by atoms with E-state index < -0.39 is 0 Å². The lowest BCUT2D eigenvalue weighted by Gasteiger charge is -2.26. The van der Waals surface area contributed by atoms with Crippen LogP contribution in [0.5, 0.6) is 0 Å². The van der Waals surface area contributed by atoms with Crippen molar-refractivity contribution in [2.75, 3.05) is 46.9 Å². The van der Waals surface area contributed by atoms with E-state index in [1.807, 2.05) is 23.1 Å². The van der Waals surface area contributed by atoms with Crippen molar-refractivity contribution in [3.05, 3.63) is 47.3 Å². The van der Waals surface area contributed by atoms with Gasteiger partial charge < -0.3 is 9.64 Å². The number of aromatic nitrogens is 2. The van der Waals surface area contributed by atoms with Gasteiger partial charge in [0.15, 0.2) is 0 Å². The van der Waals surface area contributed by atoms with E-state index in [0.29, 0.717) is 5.92 Å². The van der Waals surface area contributed by atoms with Crippen LogP contribution in [-0.2, 0) is 11.3 Å². The van der Waals surface area contributed by atoms with Crippen molar-refractivity contribution in [3.8, 4) is 5.69 Å². The molecule has 25 heavy (non-hydrogen) atoms. The average molecular weight is 342 g/mol. The second-order valence-corrected chi connectivity index (χ2v) is 7.48. The monoisotopic (exact) mass is 342 g/mol. The smallest absolute Gasteiger partial charge is 0.0719 e. The van der Waals surface area contributed by atoms with Crippen LogP contribution in [0.3, 0.4) is 0 Å². The zero-order valence-corrected chi connectivity index (χ0v) is 15.9. The highest BCUT2D eigenvalue weighted by Gasteiger charge is 2.21. The maximum Gasteiger partial charge on any atom is 0.0719 e. The Balaban J connectivity index is 1.84. The molecule has 1 aliphatic heterocycles. The molecule has 0 aliphatic carbocycles.